The predicted molar refractivity (Wildman–Crippen MR) is 82.0 cm³/mol. The van der Waals surface area contributed by atoms with Gasteiger partial charge in [-0.05, 0) is 73.0 Å². The predicted octanol–water partition coefficient (Wildman–Crippen LogP) is 3.55. The lowest BCUT2D eigenvalue weighted by Crippen LogP contribution is -2.19. The van der Waals surface area contributed by atoms with Crippen molar-refractivity contribution in [2.75, 3.05) is 13.1 Å². The monoisotopic (exact) mass is 268 g/mol. The van der Waals surface area contributed by atoms with Crippen LogP contribution < -0.4 is 11.1 Å². The molecule has 0 aliphatic heterocycles. The first kappa shape index (κ1) is 15.7. The second-order valence-corrected chi connectivity index (χ2v) is 6.22. The van der Waals surface area contributed by atoms with Crippen LogP contribution in [0.4, 0.5) is 0 Å². The first-order valence-electron chi connectivity index (χ1n) is 7.07. The largest absolute Gasteiger partial charge is 0.330 e. The second kappa shape index (κ2) is 8.68. The molecule has 1 unspecified atom stereocenters. The molecule has 0 bridgehead atoms. The molecule has 1 aromatic rings. The Hall–Kier alpha value is -0.380. The van der Waals surface area contributed by atoms with Gasteiger partial charge in [-0.15, -0.1) is 0 Å². The normalized spacial score (nSPS) is 13.2. The summed E-state index contributed by atoms with van der Waals surface area (Å²) in [5, 5.41) is 8.00. The Morgan fingerprint density at radius 1 is 1.28 bits per heavy atom. The molecule has 2 nitrogen and oxygen atoms in total. The first-order valence-corrected chi connectivity index (χ1v) is 8.02. The summed E-state index contributed by atoms with van der Waals surface area (Å²) >= 11 is 1.79. The van der Waals surface area contributed by atoms with Crippen molar-refractivity contribution in [2.24, 2.45) is 17.6 Å². The molecule has 1 atom stereocenters. The fraction of sp³-hybridized carbons (Fsp3) is 0.733. The van der Waals surface area contributed by atoms with Crippen LogP contribution in [0.15, 0.2) is 10.8 Å². The lowest BCUT2D eigenvalue weighted by molar-refractivity contribution is 0.331. The highest BCUT2D eigenvalue weighted by atomic mass is 32.1. The van der Waals surface area contributed by atoms with Gasteiger partial charge < -0.3 is 11.1 Å². The van der Waals surface area contributed by atoms with E-state index in [9.17, 15) is 0 Å². The van der Waals surface area contributed by atoms with E-state index >= 15 is 0 Å². The number of rotatable bonds is 9. The van der Waals surface area contributed by atoms with Crippen LogP contribution in [-0.2, 0) is 6.54 Å². The molecule has 1 heterocycles. The summed E-state index contributed by atoms with van der Waals surface area (Å²) in [4.78, 5) is 0. The Balaban J connectivity index is 2.12. The molecule has 0 aliphatic rings. The van der Waals surface area contributed by atoms with E-state index in [1.165, 1.54) is 30.4 Å². The second-order valence-electron chi connectivity index (χ2n) is 5.48. The molecule has 0 aromatic carbocycles. The van der Waals surface area contributed by atoms with Gasteiger partial charge in [-0.3, -0.25) is 0 Å². The van der Waals surface area contributed by atoms with Gasteiger partial charge in [0.1, 0.15) is 0 Å². The molecule has 0 saturated heterocycles. The van der Waals surface area contributed by atoms with Crippen LogP contribution >= 0.6 is 11.3 Å². The van der Waals surface area contributed by atoms with Crippen LogP contribution in [0.2, 0.25) is 0 Å². The third-order valence-corrected chi connectivity index (χ3v) is 4.60. The molecule has 0 saturated carbocycles. The summed E-state index contributed by atoms with van der Waals surface area (Å²) in [5.41, 5.74) is 8.52. The lowest BCUT2D eigenvalue weighted by Gasteiger charge is -2.20. The van der Waals surface area contributed by atoms with Crippen molar-refractivity contribution in [1.29, 1.82) is 0 Å². The Kier molecular flexibility index (Phi) is 7.56. The summed E-state index contributed by atoms with van der Waals surface area (Å²) in [6.07, 6.45) is 3.72. The Morgan fingerprint density at radius 2 is 2.06 bits per heavy atom. The third-order valence-electron chi connectivity index (χ3n) is 3.69. The standard InChI is InChI=1S/C15H28N2S/c1-12(2)14(6-7-16)5-4-8-17-9-15-11-18-10-13(15)3/h10-12,14,17H,4-9,16H2,1-3H3. The minimum Gasteiger partial charge on any atom is -0.330 e. The number of nitrogens with two attached hydrogens (primary N) is 1. The van der Waals surface area contributed by atoms with Gasteiger partial charge in [0.15, 0.2) is 0 Å². The fourth-order valence-electron chi connectivity index (χ4n) is 2.31. The van der Waals surface area contributed by atoms with Crippen molar-refractivity contribution in [1.82, 2.24) is 5.32 Å². The van der Waals surface area contributed by atoms with Crippen LogP contribution in [0, 0.1) is 18.8 Å². The van der Waals surface area contributed by atoms with Crippen molar-refractivity contribution >= 4 is 11.3 Å². The van der Waals surface area contributed by atoms with Gasteiger partial charge in [0.05, 0.1) is 0 Å². The van der Waals surface area contributed by atoms with Crippen molar-refractivity contribution in [3.63, 3.8) is 0 Å². The average molecular weight is 268 g/mol. The number of hydrogen-bond acceptors (Lipinski definition) is 3. The van der Waals surface area contributed by atoms with Crippen molar-refractivity contribution in [2.45, 2.75) is 46.6 Å². The number of aryl methyl sites for hydroxylation is 1. The molecule has 0 fully saturated rings. The zero-order valence-electron chi connectivity index (χ0n) is 12.0. The molecule has 0 spiro atoms. The molecule has 0 radical (unpaired) electrons. The highest BCUT2D eigenvalue weighted by Gasteiger charge is 2.11. The topological polar surface area (TPSA) is 38.0 Å². The number of nitrogens with one attached hydrogen (secondary N) is 1. The minimum atomic E-state index is 0.757. The van der Waals surface area contributed by atoms with Gasteiger partial charge >= 0.3 is 0 Å². The highest BCUT2D eigenvalue weighted by molar-refractivity contribution is 7.08. The average Bonchev–Trinajstić information content (AvgIpc) is 2.73. The summed E-state index contributed by atoms with van der Waals surface area (Å²) < 4.78 is 0. The van der Waals surface area contributed by atoms with E-state index in [0.717, 1.165) is 31.5 Å². The van der Waals surface area contributed by atoms with E-state index in [1.54, 1.807) is 11.3 Å². The van der Waals surface area contributed by atoms with Crippen molar-refractivity contribution in [3.8, 4) is 0 Å². The number of hydrogen-bond donors (Lipinski definition) is 2. The Morgan fingerprint density at radius 3 is 2.61 bits per heavy atom. The Labute approximate surface area is 116 Å². The fourth-order valence-corrected chi connectivity index (χ4v) is 3.16. The molecule has 104 valence electrons. The maximum atomic E-state index is 5.66. The Bertz CT molecular complexity index is 320. The van der Waals surface area contributed by atoms with E-state index < -0.39 is 0 Å². The summed E-state index contributed by atoms with van der Waals surface area (Å²) in [7, 11) is 0. The quantitative estimate of drug-likeness (QED) is 0.672. The van der Waals surface area contributed by atoms with Crippen molar-refractivity contribution in [3.05, 3.63) is 21.9 Å². The van der Waals surface area contributed by atoms with Gasteiger partial charge in [0.25, 0.3) is 0 Å². The van der Waals surface area contributed by atoms with Crippen LogP contribution in [0.5, 0.6) is 0 Å². The lowest BCUT2D eigenvalue weighted by atomic mass is 9.88. The first-order chi connectivity index (χ1) is 8.65. The maximum absolute atomic E-state index is 5.66. The van der Waals surface area contributed by atoms with Crippen LogP contribution in [-0.4, -0.2) is 13.1 Å². The summed E-state index contributed by atoms with van der Waals surface area (Å²) in [5.74, 6) is 1.55. The summed E-state index contributed by atoms with van der Waals surface area (Å²) in [6.45, 7) is 9.75. The molecule has 1 rings (SSSR count). The third kappa shape index (κ3) is 5.51. The van der Waals surface area contributed by atoms with E-state index in [2.05, 4.69) is 36.8 Å². The van der Waals surface area contributed by atoms with Gasteiger partial charge in [-0.1, -0.05) is 13.8 Å². The maximum Gasteiger partial charge on any atom is 0.0216 e. The zero-order valence-corrected chi connectivity index (χ0v) is 12.9. The molecule has 1 aromatic heterocycles. The SMILES string of the molecule is Cc1cscc1CNCCCC(CCN)C(C)C. The minimum absolute atomic E-state index is 0.757. The van der Waals surface area contributed by atoms with E-state index in [1.807, 2.05) is 0 Å². The van der Waals surface area contributed by atoms with Gasteiger partial charge in [0.2, 0.25) is 0 Å². The van der Waals surface area contributed by atoms with Gasteiger partial charge in [-0.2, -0.15) is 11.3 Å². The zero-order chi connectivity index (χ0) is 13.4. The molecule has 3 heteroatoms. The van der Waals surface area contributed by atoms with Gasteiger partial charge in [-0.25, -0.2) is 0 Å². The molecular formula is C15H28N2S. The molecular weight excluding hydrogens is 240 g/mol. The van der Waals surface area contributed by atoms with E-state index in [-0.39, 0.29) is 0 Å². The summed E-state index contributed by atoms with van der Waals surface area (Å²) in [6, 6.07) is 0. The molecule has 18 heavy (non-hydrogen) atoms. The van der Waals surface area contributed by atoms with E-state index in [0.29, 0.717) is 0 Å². The highest BCUT2D eigenvalue weighted by Crippen LogP contribution is 2.20. The van der Waals surface area contributed by atoms with Crippen LogP contribution in [0.25, 0.3) is 0 Å². The van der Waals surface area contributed by atoms with E-state index in [4.69, 9.17) is 5.73 Å². The van der Waals surface area contributed by atoms with Crippen LogP contribution in [0.1, 0.15) is 44.2 Å². The van der Waals surface area contributed by atoms with Crippen LogP contribution in [0.3, 0.4) is 0 Å². The van der Waals surface area contributed by atoms with Gasteiger partial charge in [0, 0.05) is 6.54 Å². The smallest absolute Gasteiger partial charge is 0.0216 e. The number of thiophene rings is 1. The molecule has 0 aliphatic carbocycles. The molecule has 3 N–H and O–H groups in total. The molecule has 0 amide bonds. The van der Waals surface area contributed by atoms with Crippen molar-refractivity contribution < 1.29 is 0 Å².